The summed E-state index contributed by atoms with van der Waals surface area (Å²) in [5.41, 5.74) is 1.28. The van der Waals surface area contributed by atoms with E-state index in [4.69, 9.17) is 0 Å². The first kappa shape index (κ1) is 10.9. The first-order valence-corrected chi connectivity index (χ1v) is 2.10. The van der Waals surface area contributed by atoms with Crippen molar-refractivity contribution < 1.29 is 23.7 Å². The molecule has 0 bridgehead atoms. The van der Waals surface area contributed by atoms with Gasteiger partial charge in [0, 0.05) is 5.92 Å². The maximum Gasteiger partial charge on any atom is 1.00 e. The molecule has 0 saturated carbocycles. The molecule has 0 fully saturated rings. The van der Waals surface area contributed by atoms with E-state index >= 15 is 0 Å². The van der Waals surface area contributed by atoms with Crippen molar-refractivity contribution in [2.24, 2.45) is 5.92 Å². The molecule has 42 valence electrons. The van der Waals surface area contributed by atoms with Crippen molar-refractivity contribution in [2.45, 2.75) is 13.8 Å². The second kappa shape index (κ2) is 5.17. The van der Waals surface area contributed by atoms with Crippen LogP contribution in [0.2, 0.25) is 0 Å². The Morgan fingerprint density at radius 2 is 2.00 bits per heavy atom. The summed E-state index contributed by atoms with van der Waals surface area (Å²) in [5, 5.41) is 9.47. The maximum absolute atomic E-state index is 10.1. The zero-order valence-corrected chi connectivity index (χ0v) is 5.39. The monoisotopic (exact) mass is 109 g/mol. The van der Waals surface area contributed by atoms with Gasteiger partial charge >= 0.3 is 18.9 Å². The fraction of sp³-hybridized carbons (Fsp3) is 0.750. The van der Waals surface area contributed by atoms with Gasteiger partial charge in [-0.2, -0.15) is 0 Å². The molecule has 0 atom stereocenters. The van der Waals surface area contributed by atoms with Crippen molar-refractivity contribution >= 4 is 5.91 Å². The minimum absolute atomic E-state index is 0. The molecule has 0 saturated heterocycles. The number of hydroxylamine groups is 1. The summed E-state index contributed by atoms with van der Waals surface area (Å²) in [7, 11) is 0. The van der Waals surface area contributed by atoms with E-state index in [9.17, 15) is 10.0 Å². The van der Waals surface area contributed by atoms with Gasteiger partial charge in [-0.3, -0.25) is 4.79 Å². The summed E-state index contributed by atoms with van der Waals surface area (Å²) in [6, 6.07) is 0. The molecule has 0 rings (SSSR count). The van der Waals surface area contributed by atoms with E-state index in [0.717, 1.165) is 0 Å². The number of carbonyl (C=O) groups is 1. The van der Waals surface area contributed by atoms with Gasteiger partial charge in [-0.25, -0.2) is 0 Å². The molecule has 0 radical (unpaired) electrons. The van der Waals surface area contributed by atoms with E-state index in [1.807, 2.05) is 0 Å². The van der Waals surface area contributed by atoms with E-state index in [2.05, 4.69) is 0 Å². The van der Waals surface area contributed by atoms with Gasteiger partial charge in [0.25, 0.3) is 0 Å². The van der Waals surface area contributed by atoms with Crippen LogP contribution >= 0.6 is 0 Å². The van der Waals surface area contributed by atoms with Crippen LogP contribution in [0.1, 0.15) is 13.8 Å². The summed E-state index contributed by atoms with van der Waals surface area (Å²) >= 11 is 0. The molecule has 3 nitrogen and oxygen atoms in total. The third-order valence-electron chi connectivity index (χ3n) is 0.625. The standard InChI is InChI=1S/C4H8NO2.Li/c1-3(2)4(6)5-7;/h3H,1-2H3,(H-,5,6,7);/q-1;+1. The first-order valence-electron chi connectivity index (χ1n) is 2.10. The molecule has 1 N–H and O–H groups in total. The van der Waals surface area contributed by atoms with E-state index in [-0.39, 0.29) is 24.8 Å². The Morgan fingerprint density at radius 1 is 1.62 bits per heavy atom. The molecular formula is C4H8LiNO2. The van der Waals surface area contributed by atoms with Gasteiger partial charge in [0.2, 0.25) is 5.91 Å². The van der Waals surface area contributed by atoms with Crippen molar-refractivity contribution in [2.75, 3.05) is 0 Å². The quantitative estimate of drug-likeness (QED) is 0.293. The number of rotatable bonds is 1. The van der Waals surface area contributed by atoms with Gasteiger partial charge < -0.3 is 10.7 Å². The maximum atomic E-state index is 10.1. The Bertz CT molecular complexity index is 74.4. The van der Waals surface area contributed by atoms with Crippen LogP contribution in [-0.4, -0.2) is 5.91 Å². The number of carbonyl (C=O) groups excluding carboxylic acids is 1. The van der Waals surface area contributed by atoms with Crippen LogP contribution in [0.15, 0.2) is 0 Å². The summed E-state index contributed by atoms with van der Waals surface area (Å²) in [5.74, 6) is -0.655. The first-order chi connectivity index (χ1) is 3.18. The van der Waals surface area contributed by atoms with Gasteiger partial charge in [0.05, 0.1) is 0 Å². The molecule has 0 spiro atoms. The van der Waals surface area contributed by atoms with E-state index in [1.165, 1.54) is 5.48 Å². The van der Waals surface area contributed by atoms with Gasteiger partial charge in [0.15, 0.2) is 0 Å². The Morgan fingerprint density at radius 3 is 2.00 bits per heavy atom. The van der Waals surface area contributed by atoms with Gasteiger partial charge in [0.1, 0.15) is 0 Å². The molecule has 0 heterocycles. The van der Waals surface area contributed by atoms with Crippen molar-refractivity contribution in [1.29, 1.82) is 0 Å². The fourth-order valence-corrected chi connectivity index (χ4v) is 0.118. The molecular weight excluding hydrogens is 101 g/mol. The fourth-order valence-electron chi connectivity index (χ4n) is 0.118. The molecule has 4 heteroatoms. The number of nitrogens with one attached hydrogen (secondary N) is 1. The summed E-state index contributed by atoms with van der Waals surface area (Å²) in [6.07, 6.45) is 0. The third-order valence-corrected chi connectivity index (χ3v) is 0.625. The second-order valence-corrected chi connectivity index (χ2v) is 1.62. The molecule has 0 aromatic rings. The van der Waals surface area contributed by atoms with Gasteiger partial charge in [-0.15, -0.1) is 0 Å². The minimum Gasteiger partial charge on any atom is -0.759 e. The van der Waals surface area contributed by atoms with Crippen LogP contribution in [0.3, 0.4) is 0 Å². The molecule has 1 amide bonds. The zero-order chi connectivity index (χ0) is 5.86. The zero-order valence-electron chi connectivity index (χ0n) is 5.39. The van der Waals surface area contributed by atoms with Crippen LogP contribution in [0.5, 0.6) is 0 Å². The van der Waals surface area contributed by atoms with E-state index in [1.54, 1.807) is 13.8 Å². The number of hydrogen-bond donors (Lipinski definition) is 1. The predicted molar refractivity (Wildman–Crippen MR) is 26.3 cm³/mol. The molecule has 0 aliphatic carbocycles. The Hall–Kier alpha value is 0.0274. The van der Waals surface area contributed by atoms with Crippen molar-refractivity contribution in [1.82, 2.24) is 5.48 Å². The van der Waals surface area contributed by atoms with Gasteiger partial charge in [-0.05, 0) is 0 Å². The van der Waals surface area contributed by atoms with Crippen LogP contribution in [-0.2, 0) is 4.79 Å². The molecule has 0 unspecified atom stereocenters. The average Bonchev–Trinajstić information content (AvgIpc) is 1.65. The molecule has 0 aliphatic rings. The molecule has 0 aromatic carbocycles. The van der Waals surface area contributed by atoms with E-state index < -0.39 is 5.91 Å². The van der Waals surface area contributed by atoms with Crippen LogP contribution < -0.4 is 24.3 Å². The SMILES string of the molecule is CC(C)C(=O)N[O-].[Li+]. The van der Waals surface area contributed by atoms with E-state index in [0.29, 0.717) is 0 Å². The van der Waals surface area contributed by atoms with Crippen LogP contribution in [0, 0.1) is 11.1 Å². The minimum atomic E-state index is -0.458. The molecule has 0 aliphatic heterocycles. The topological polar surface area (TPSA) is 52.2 Å². The van der Waals surface area contributed by atoms with Crippen molar-refractivity contribution in [3.8, 4) is 0 Å². The smallest absolute Gasteiger partial charge is 0.759 e. The average molecular weight is 109 g/mol. The molecule has 8 heavy (non-hydrogen) atoms. The molecule has 0 aromatic heterocycles. The predicted octanol–water partition coefficient (Wildman–Crippen LogP) is -2.74. The normalized spacial score (nSPS) is 8.00. The second-order valence-electron chi connectivity index (χ2n) is 1.62. The Labute approximate surface area is 60.6 Å². The third kappa shape index (κ3) is 4.19. The largest absolute Gasteiger partial charge is 1.00 e. The summed E-state index contributed by atoms with van der Waals surface area (Å²) in [6.45, 7) is 3.32. The summed E-state index contributed by atoms with van der Waals surface area (Å²) in [4.78, 5) is 10.1. The van der Waals surface area contributed by atoms with Crippen LogP contribution in [0.4, 0.5) is 0 Å². The summed E-state index contributed by atoms with van der Waals surface area (Å²) < 4.78 is 0. The number of hydrogen-bond acceptors (Lipinski definition) is 2. The van der Waals surface area contributed by atoms with Gasteiger partial charge in [-0.1, -0.05) is 13.8 Å². The Balaban J connectivity index is 0. The Kier molecular flexibility index (Phi) is 7.05. The number of amides is 1. The van der Waals surface area contributed by atoms with Crippen molar-refractivity contribution in [3.63, 3.8) is 0 Å². The van der Waals surface area contributed by atoms with Crippen molar-refractivity contribution in [3.05, 3.63) is 5.21 Å². The van der Waals surface area contributed by atoms with Crippen LogP contribution in [0.25, 0.3) is 0 Å².